The fourth-order valence-corrected chi connectivity index (χ4v) is 4.90. The summed E-state index contributed by atoms with van der Waals surface area (Å²) in [5, 5.41) is 6.78. The Labute approximate surface area is 193 Å². The number of amides is 2. The zero-order valence-electron chi connectivity index (χ0n) is 18.7. The largest absolute Gasteiger partial charge is 0.497 e. The molecule has 1 fully saturated rings. The van der Waals surface area contributed by atoms with Crippen LogP contribution in [-0.2, 0) is 19.6 Å². The zero-order valence-corrected chi connectivity index (χ0v) is 19.5. The maximum atomic E-state index is 13.5. The summed E-state index contributed by atoms with van der Waals surface area (Å²) in [6.45, 7) is 0.921. The Morgan fingerprint density at radius 2 is 1.64 bits per heavy atom. The molecule has 0 unspecified atom stereocenters. The van der Waals surface area contributed by atoms with E-state index in [-0.39, 0.29) is 10.8 Å². The predicted molar refractivity (Wildman–Crippen MR) is 127 cm³/mol. The predicted octanol–water partition coefficient (Wildman–Crippen LogP) is 3.29. The summed E-state index contributed by atoms with van der Waals surface area (Å²) in [6, 6.07) is 12.2. The molecule has 0 radical (unpaired) electrons. The van der Waals surface area contributed by atoms with Gasteiger partial charge in [0.2, 0.25) is 5.91 Å². The molecule has 2 aromatic carbocycles. The van der Waals surface area contributed by atoms with Crippen LogP contribution in [0, 0.1) is 0 Å². The first-order valence-corrected chi connectivity index (χ1v) is 12.1. The first-order chi connectivity index (χ1) is 15.8. The monoisotopic (exact) mass is 472 g/mol. The molecule has 0 bridgehead atoms. The van der Waals surface area contributed by atoms with Crippen molar-refractivity contribution in [2.75, 3.05) is 23.3 Å². The lowest BCUT2D eigenvalue weighted by Gasteiger charge is -2.24. The van der Waals surface area contributed by atoms with Gasteiger partial charge >= 0.3 is 0 Å². The van der Waals surface area contributed by atoms with E-state index in [2.05, 4.69) is 15.8 Å². The summed E-state index contributed by atoms with van der Waals surface area (Å²) in [7, 11) is -2.57. The van der Waals surface area contributed by atoms with E-state index in [9.17, 15) is 18.0 Å². The highest BCUT2D eigenvalue weighted by Crippen LogP contribution is 2.26. The molecule has 2 amide bonds. The van der Waals surface area contributed by atoms with Gasteiger partial charge in [-0.15, -0.1) is 0 Å². The van der Waals surface area contributed by atoms with E-state index in [1.807, 2.05) is 0 Å². The van der Waals surface area contributed by atoms with Gasteiger partial charge in [-0.2, -0.15) is 5.10 Å². The molecule has 33 heavy (non-hydrogen) atoms. The van der Waals surface area contributed by atoms with E-state index in [0.29, 0.717) is 17.1 Å². The molecule has 1 aliphatic rings. The molecule has 1 aliphatic carbocycles. The van der Waals surface area contributed by atoms with Gasteiger partial charge in [-0.3, -0.25) is 13.9 Å². The SMILES string of the molecule is COc1ccc(N(CC(=O)NN=C2CCCCC2)S(=O)(=O)c2ccc(NC(C)=O)cc2)cc1. The van der Waals surface area contributed by atoms with Gasteiger partial charge in [-0.25, -0.2) is 13.8 Å². The topological polar surface area (TPSA) is 117 Å². The summed E-state index contributed by atoms with van der Waals surface area (Å²) >= 11 is 0. The molecule has 0 aliphatic heterocycles. The fourth-order valence-electron chi connectivity index (χ4n) is 3.48. The molecular weight excluding hydrogens is 444 g/mol. The molecule has 0 aromatic heterocycles. The second-order valence-electron chi connectivity index (χ2n) is 7.69. The number of hydrogen-bond donors (Lipinski definition) is 2. The van der Waals surface area contributed by atoms with Crippen molar-refractivity contribution in [2.45, 2.75) is 43.9 Å². The molecule has 176 valence electrons. The number of hydrogen-bond acceptors (Lipinski definition) is 6. The van der Waals surface area contributed by atoms with Crippen LogP contribution in [0.4, 0.5) is 11.4 Å². The zero-order chi connectivity index (χ0) is 23.8. The van der Waals surface area contributed by atoms with Crippen LogP contribution in [0.5, 0.6) is 5.75 Å². The van der Waals surface area contributed by atoms with Crippen LogP contribution in [0.1, 0.15) is 39.0 Å². The van der Waals surface area contributed by atoms with E-state index >= 15 is 0 Å². The molecule has 0 spiro atoms. The van der Waals surface area contributed by atoms with Crippen LogP contribution in [-0.4, -0.2) is 39.6 Å². The van der Waals surface area contributed by atoms with Crippen molar-refractivity contribution in [1.29, 1.82) is 0 Å². The number of sulfonamides is 1. The normalized spacial score (nSPS) is 13.7. The Bertz CT molecular complexity index is 1100. The molecular formula is C23H28N4O5S. The average Bonchev–Trinajstić information content (AvgIpc) is 2.82. The summed E-state index contributed by atoms with van der Waals surface area (Å²) in [5.41, 5.74) is 4.20. The quantitative estimate of drug-likeness (QED) is 0.572. The van der Waals surface area contributed by atoms with Crippen molar-refractivity contribution in [3.63, 3.8) is 0 Å². The van der Waals surface area contributed by atoms with Crippen LogP contribution in [0.15, 0.2) is 58.5 Å². The minimum Gasteiger partial charge on any atom is -0.497 e. The highest BCUT2D eigenvalue weighted by atomic mass is 32.2. The number of ether oxygens (including phenoxy) is 1. The Kier molecular flexibility index (Phi) is 8.05. The highest BCUT2D eigenvalue weighted by Gasteiger charge is 2.27. The molecule has 9 nitrogen and oxygen atoms in total. The molecule has 2 N–H and O–H groups in total. The molecule has 3 rings (SSSR count). The number of carbonyl (C=O) groups is 2. The Balaban J connectivity index is 1.86. The molecule has 1 saturated carbocycles. The molecule has 0 atom stereocenters. The summed E-state index contributed by atoms with van der Waals surface area (Å²) in [5.74, 6) is -0.243. The third-order valence-electron chi connectivity index (χ3n) is 5.18. The highest BCUT2D eigenvalue weighted by molar-refractivity contribution is 7.92. The smallest absolute Gasteiger partial charge is 0.264 e. The average molecular weight is 473 g/mol. The van der Waals surface area contributed by atoms with Crippen LogP contribution < -0.4 is 19.8 Å². The van der Waals surface area contributed by atoms with Crippen molar-refractivity contribution in [3.05, 3.63) is 48.5 Å². The van der Waals surface area contributed by atoms with Gasteiger partial charge in [0, 0.05) is 18.3 Å². The molecule has 2 aromatic rings. The first-order valence-electron chi connectivity index (χ1n) is 10.7. The third-order valence-corrected chi connectivity index (χ3v) is 6.97. The number of methoxy groups -OCH3 is 1. The van der Waals surface area contributed by atoms with Crippen LogP contribution in [0.25, 0.3) is 0 Å². The third kappa shape index (κ3) is 6.55. The summed E-state index contributed by atoms with van der Waals surface area (Å²) in [6.07, 6.45) is 4.89. The van der Waals surface area contributed by atoms with Gasteiger partial charge in [0.1, 0.15) is 12.3 Å². The van der Waals surface area contributed by atoms with E-state index in [1.165, 1.54) is 38.3 Å². The van der Waals surface area contributed by atoms with E-state index in [0.717, 1.165) is 42.1 Å². The summed E-state index contributed by atoms with van der Waals surface area (Å²) in [4.78, 5) is 23.9. The van der Waals surface area contributed by atoms with Crippen molar-refractivity contribution in [2.24, 2.45) is 5.10 Å². The minimum atomic E-state index is -4.09. The van der Waals surface area contributed by atoms with E-state index in [1.54, 1.807) is 24.3 Å². The minimum absolute atomic E-state index is 0.0150. The van der Waals surface area contributed by atoms with Crippen LogP contribution in [0.2, 0.25) is 0 Å². The fraction of sp³-hybridized carbons (Fsp3) is 0.348. The second-order valence-corrected chi connectivity index (χ2v) is 9.55. The number of hydrazone groups is 1. The molecule has 0 heterocycles. The van der Waals surface area contributed by atoms with Gasteiger partial charge in [-0.05, 0) is 74.2 Å². The number of carbonyl (C=O) groups excluding carboxylic acids is 2. The Morgan fingerprint density at radius 3 is 2.21 bits per heavy atom. The second kappa shape index (κ2) is 11.0. The lowest BCUT2D eigenvalue weighted by Crippen LogP contribution is -2.39. The van der Waals surface area contributed by atoms with Gasteiger partial charge in [0.25, 0.3) is 15.9 Å². The van der Waals surface area contributed by atoms with E-state index < -0.39 is 22.5 Å². The van der Waals surface area contributed by atoms with Crippen molar-refractivity contribution in [1.82, 2.24) is 5.43 Å². The Hall–Kier alpha value is -3.40. The number of nitrogens with one attached hydrogen (secondary N) is 2. The van der Waals surface area contributed by atoms with E-state index in [4.69, 9.17) is 4.74 Å². The lowest BCUT2D eigenvalue weighted by atomic mass is 9.99. The molecule has 10 heteroatoms. The number of anilines is 2. The maximum absolute atomic E-state index is 13.5. The van der Waals surface area contributed by atoms with Crippen molar-refractivity contribution >= 4 is 38.9 Å². The van der Waals surface area contributed by atoms with Gasteiger partial charge in [0.05, 0.1) is 17.7 Å². The Morgan fingerprint density at radius 1 is 1.00 bits per heavy atom. The van der Waals surface area contributed by atoms with Crippen LogP contribution >= 0.6 is 0 Å². The van der Waals surface area contributed by atoms with Gasteiger partial charge in [0.15, 0.2) is 0 Å². The first kappa shape index (κ1) is 24.2. The molecule has 0 saturated heterocycles. The lowest BCUT2D eigenvalue weighted by molar-refractivity contribution is -0.119. The van der Waals surface area contributed by atoms with Gasteiger partial charge in [-0.1, -0.05) is 6.42 Å². The van der Waals surface area contributed by atoms with Gasteiger partial charge < -0.3 is 10.1 Å². The number of rotatable bonds is 8. The van der Waals surface area contributed by atoms with Crippen molar-refractivity contribution in [3.8, 4) is 5.75 Å². The number of nitrogens with zero attached hydrogens (tertiary/aromatic N) is 2. The standard InChI is InChI=1S/C23H28N4O5S/c1-17(28)24-18-8-14-22(15-9-18)33(30,31)27(20-10-12-21(32-2)13-11-20)16-23(29)26-25-19-6-4-3-5-7-19/h8-15H,3-7,16H2,1-2H3,(H,24,28)(H,26,29). The van der Waals surface area contributed by atoms with Crippen LogP contribution in [0.3, 0.4) is 0 Å². The summed E-state index contributed by atoms with van der Waals surface area (Å²) < 4.78 is 33.1. The van der Waals surface area contributed by atoms with Crippen molar-refractivity contribution < 1.29 is 22.7 Å². The maximum Gasteiger partial charge on any atom is 0.264 e. The number of benzene rings is 2.